The minimum atomic E-state index is -1.39. The van der Waals surface area contributed by atoms with Crippen molar-refractivity contribution in [2.24, 2.45) is 17.6 Å². The molecule has 0 unspecified atom stereocenters. The van der Waals surface area contributed by atoms with Gasteiger partial charge in [-0.2, -0.15) is 0 Å². The first-order valence-electron chi connectivity index (χ1n) is 11.1. The van der Waals surface area contributed by atoms with Crippen LogP contribution in [-0.4, -0.2) is 41.4 Å². The van der Waals surface area contributed by atoms with Crippen molar-refractivity contribution in [3.8, 4) is 11.5 Å². The number of hydrogen-bond donors (Lipinski definition) is 3. The molecular weight excluding hydrogens is 440 g/mol. The average Bonchev–Trinajstić information content (AvgIpc) is 3.54. The quantitative estimate of drug-likeness (QED) is 0.553. The van der Waals surface area contributed by atoms with Crippen molar-refractivity contribution in [1.29, 1.82) is 0 Å². The number of anilines is 1. The molecule has 0 aromatic heterocycles. The molecule has 0 radical (unpaired) electrons. The third-order valence-electron chi connectivity index (χ3n) is 7.19. The van der Waals surface area contributed by atoms with E-state index in [0.717, 1.165) is 0 Å². The number of ether oxygens (including phenoxy) is 2. The average molecular weight is 462 g/mol. The number of carbonyl (C=O) groups excluding carboxylic acids is 4. The van der Waals surface area contributed by atoms with Crippen molar-refractivity contribution in [1.82, 2.24) is 10.2 Å². The van der Waals surface area contributed by atoms with Crippen LogP contribution in [0.25, 0.3) is 0 Å². The van der Waals surface area contributed by atoms with Crippen LogP contribution in [0.4, 0.5) is 5.69 Å². The molecule has 0 aliphatic carbocycles. The lowest BCUT2D eigenvalue weighted by Gasteiger charge is -2.29. The van der Waals surface area contributed by atoms with Crippen LogP contribution in [0.3, 0.4) is 0 Å². The van der Waals surface area contributed by atoms with Crippen LogP contribution in [-0.2, 0) is 31.3 Å². The fourth-order valence-corrected chi connectivity index (χ4v) is 5.74. The van der Waals surface area contributed by atoms with Gasteiger partial charge >= 0.3 is 0 Å². The van der Waals surface area contributed by atoms with Crippen LogP contribution in [0.1, 0.15) is 24.0 Å². The smallest absolute Gasteiger partial charge is 0.250 e. The molecule has 1 spiro atoms. The minimum absolute atomic E-state index is 0.0316. The number of carbonyl (C=O) groups is 4. The molecule has 0 bridgehead atoms. The largest absolute Gasteiger partial charge is 0.454 e. The summed E-state index contributed by atoms with van der Waals surface area (Å²) in [4.78, 5) is 53.4. The Bertz CT molecular complexity index is 1260. The molecule has 4 atom stereocenters. The second kappa shape index (κ2) is 7.29. The van der Waals surface area contributed by atoms with E-state index in [0.29, 0.717) is 28.3 Å². The summed E-state index contributed by atoms with van der Waals surface area (Å²) < 4.78 is 10.8. The Morgan fingerprint density at radius 2 is 1.88 bits per heavy atom. The number of rotatable bonds is 5. The molecule has 10 nitrogen and oxygen atoms in total. The normalized spacial score (nSPS) is 28.4. The Morgan fingerprint density at radius 1 is 1.09 bits per heavy atom. The molecule has 4 N–H and O–H groups in total. The van der Waals surface area contributed by atoms with Gasteiger partial charge in [0.25, 0.3) is 0 Å². The first-order chi connectivity index (χ1) is 16.4. The first kappa shape index (κ1) is 20.7. The van der Waals surface area contributed by atoms with Crippen LogP contribution in [0, 0.1) is 11.8 Å². The third-order valence-corrected chi connectivity index (χ3v) is 7.19. The highest BCUT2D eigenvalue weighted by Gasteiger charge is 2.70. The predicted octanol–water partition coefficient (Wildman–Crippen LogP) is 0.601. The zero-order chi connectivity index (χ0) is 23.6. The lowest BCUT2D eigenvalue weighted by atomic mass is 9.76. The van der Waals surface area contributed by atoms with E-state index >= 15 is 0 Å². The Kier molecular flexibility index (Phi) is 4.43. The van der Waals surface area contributed by atoms with Crippen molar-refractivity contribution < 1.29 is 28.7 Å². The monoisotopic (exact) mass is 462 g/mol. The Balaban J connectivity index is 1.39. The molecule has 4 aliphatic heterocycles. The van der Waals surface area contributed by atoms with Gasteiger partial charge in [0, 0.05) is 23.7 Å². The second-order valence-electron chi connectivity index (χ2n) is 9.02. The van der Waals surface area contributed by atoms with Gasteiger partial charge < -0.3 is 20.5 Å². The summed E-state index contributed by atoms with van der Waals surface area (Å²) in [5, 5.41) is 6.14. The molecular formula is C24H22N4O6. The summed E-state index contributed by atoms with van der Waals surface area (Å²) in [5.74, 6) is -2.25. The molecule has 34 heavy (non-hydrogen) atoms. The van der Waals surface area contributed by atoms with E-state index in [4.69, 9.17) is 15.2 Å². The second-order valence-corrected chi connectivity index (χ2v) is 9.02. The Hall–Kier alpha value is -3.92. The third kappa shape index (κ3) is 2.78. The van der Waals surface area contributed by atoms with Gasteiger partial charge in [-0.3, -0.25) is 29.4 Å². The minimum Gasteiger partial charge on any atom is -0.454 e. The molecule has 6 rings (SSSR count). The lowest BCUT2D eigenvalue weighted by molar-refractivity contribution is -0.143. The van der Waals surface area contributed by atoms with Crippen LogP contribution < -0.4 is 25.8 Å². The number of para-hydroxylation sites is 1. The van der Waals surface area contributed by atoms with E-state index < -0.39 is 35.2 Å². The fraction of sp³-hybridized carbons (Fsp3) is 0.333. The van der Waals surface area contributed by atoms with Gasteiger partial charge in [0.15, 0.2) is 11.5 Å². The number of nitrogens with two attached hydrogens (primary N) is 1. The maximum absolute atomic E-state index is 13.8. The molecule has 174 valence electrons. The highest BCUT2D eigenvalue weighted by atomic mass is 16.7. The predicted molar refractivity (Wildman–Crippen MR) is 117 cm³/mol. The fourth-order valence-electron chi connectivity index (χ4n) is 5.74. The summed E-state index contributed by atoms with van der Waals surface area (Å²) in [6.45, 7) is 0.165. The Morgan fingerprint density at radius 3 is 2.71 bits per heavy atom. The SMILES string of the molecule is NC(=O)CC[C@@H]1N[C@]2(C(=O)Nc3ccccc32)[C@@H]2C(=O)N(Cc3ccc4c(c3)OCO4)C(=O)[C@H]12. The molecule has 4 heterocycles. The van der Waals surface area contributed by atoms with Gasteiger partial charge in [-0.1, -0.05) is 24.3 Å². The summed E-state index contributed by atoms with van der Waals surface area (Å²) in [6.07, 6.45) is 0.272. The highest BCUT2D eigenvalue weighted by Crippen LogP contribution is 2.53. The number of imide groups is 1. The molecule has 2 aromatic carbocycles. The van der Waals surface area contributed by atoms with Gasteiger partial charge in [0.1, 0.15) is 5.54 Å². The lowest BCUT2D eigenvalue weighted by Crippen LogP contribution is -2.53. The molecule has 2 saturated heterocycles. The van der Waals surface area contributed by atoms with Crippen LogP contribution in [0.5, 0.6) is 11.5 Å². The zero-order valence-electron chi connectivity index (χ0n) is 18.1. The number of nitrogens with one attached hydrogen (secondary N) is 2. The Labute approximate surface area is 194 Å². The highest BCUT2D eigenvalue weighted by molar-refractivity contribution is 6.15. The number of hydrogen-bond acceptors (Lipinski definition) is 7. The number of benzene rings is 2. The molecule has 4 aliphatic rings. The van der Waals surface area contributed by atoms with Crippen LogP contribution >= 0.6 is 0 Å². The molecule has 2 aromatic rings. The number of fused-ring (bicyclic) bond motifs is 5. The van der Waals surface area contributed by atoms with E-state index in [9.17, 15) is 19.2 Å². The van der Waals surface area contributed by atoms with Crippen molar-refractivity contribution in [2.45, 2.75) is 31.0 Å². The van der Waals surface area contributed by atoms with Gasteiger partial charge in [-0.15, -0.1) is 0 Å². The van der Waals surface area contributed by atoms with Crippen molar-refractivity contribution in [2.75, 3.05) is 12.1 Å². The van der Waals surface area contributed by atoms with Gasteiger partial charge in [-0.25, -0.2) is 0 Å². The summed E-state index contributed by atoms with van der Waals surface area (Å²) in [5.41, 5.74) is 5.91. The van der Waals surface area contributed by atoms with E-state index in [2.05, 4.69) is 10.6 Å². The van der Waals surface area contributed by atoms with E-state index in [1.807, 2.05) is 0 Å². The first-order valence-corrected chi connectivity index (χ1v) is 11.1. The zero-order valence-corrected chi connectivity index (χ0v) is 18.1. The summed E-state index contributed by atoms with van der Waals surface area (Å²) >= 11 is 0. The van der Waals surface area contributed by atoms with E-state index in [-0.39, 0.29) is 38.0 Å². The number of amides is 4. The maximum atomic E-state index is 13.8. The van der Waals surface area contributed by atoms with Crippen LogP contribution in [0.2, 0.25) is 0 Å². The maximum Gasteiger partial charge on any atom is 0.250 e. The van der Waals surface area contributed by atoms with Crippen molar-refractivity contribution in [3.63, 3.8) is 0 Å². The number of likely N-dealkylation sites (tertiary alicyclic amines) is 1. The number of primary amides is 1. The van der Waals surface area contributed by atoms with E-state index in [1.54, 1.807) is 42.5 Å². The van der Waals surface area contributed by atoms with Crippen molar-refractivity contribution in [3.05, 3.63) is 53.6 Å². The topological polar surface area (TPSA) is 140 Å². The number of nitrogens with zero attached hydrogens (tertiary/aromatic N) is 1. The van der Waals surface area contributed by atoms with Gasteiger partial charge in [0.05, 0.1) is 18.4 Å². The van der Waals surface area contributed by atoms with Crippen molar-refractivity contribution >= 4 is 29.3 Å². The molecule has 10 heteroatoms. The molecule has 4 amide bonds. The standard InChI is InChI=1S/C24H22N4O6/c25-18(29)8-6-15-19-20(24(27-15)13-3-1-2-4-14(13)26-23(24)32)22(31)28(21(19)30)10-12-5-7-16-17(9-12)34-11-33-16/h1-5,7,9,15,19-20,27H,6,8,10-11H2,(H2,25,29)(H,26,32)/t15-,19+,20-,24-/m0/s1. The summed E-state index contributed by atoms with van der Waals surface area (Å²) in [7, 11) is 0. The molecule has 0 saturated carbocycles. The van der Waals surface area contributed by atoms with Gasteiger partial charge in [0.2, 0.25) is 30.4 Å². The van der Waals surface area contributed by atoms with E-state index in [1.165, 1.54) is 4.90 Å². The van der Waals surface area contributed by atoms with Crippen LogP contribution in [0.15, 0.2) is 42.5 Å². The molecule has 2 fully saturated rings. The summed E-state index contributed by atoms with van der Waals surface area (Å²) in [6, 6.07) is 11.8. The van der Waals surface area contributed by atoms with Gasteiger partial charge in [-0.05, 0) is 30.2 Å².